The molecule has 0 radical (unpaired) electrons. The SMILES string of the molecule is COC(=O)N(C)CC(=O)Nc1ccccc1NC12CC3CC(CC(C3)C1)C2. The highest BCUT2D eigenvalue weighted by atomic mass is 16.5. The minimum atomic E-state index is -0.523. The van der Waals surface area contributed by atoms with Crippen molar-refractivity contribution in [2.24, 2.45) is 17.8 Å². The number of carbonyl (C=O) groups excluding carboxylic acids is 2. The normalized spacial score (nSPS) is 30.7. The van der Waals surface area contributed by atoms with Gasteiger partial charge in [-0.1, -0.05) is 12.1 Å². The Morgan fingerprint density at radius 3 is 2.19 bits per heavy atom. The molecule has 0 saturated heterocycles. The van der Waals surface area contributed by atoms with Crippen molar-refractivity contribution in [1.29, 1.82) is 0 Å². The highest BCUT2D eigenvalue weighted by Crippen LogP contribution is 2.56. The average molecular weight is 371 g/mol. The number of benzene rings is 1. The molecule has 6 heteroatoms. The van der Waals surface area contributed by atoms with Gasteiger partial charge in [-0.3, -0.25) is 4.79 Å². The highest BCUT2D eigenvalue weighted by Gasteiger charge is 2.51. The number of ether oxygens (including phenoxy) is 1. The Morgan fingerprint density at radius 2 is 1.63 bits per heavy atom. The van der Waals surface area contributed by atoms with Crippen LogP contribution < -0.4 is 10.6 Å². The van der Waals surface area contributed by atoms with Crippen LogP contribution in [0.25, 0.3) is 0 Å². The smallest absolute Gasteiger partial charge is 0.409 e. The lowest BCUT2D eigenvalue weighted by molar-refractivity contribution is -0.116. The fourth-order valence-electron chi connectivity index (χ4n) is 5.88. The quantitative estimate of drug-likeness (QED) is 0.828. The van der Waals surface area contributed by atoms with Crippen molar-refractivity contribution in [2.75, 3.05) is 31.3 Å². The lowest BCUT2D eigenvalue weighted by atomic mass is 9.53. The van der Waals surface area contributed by atoms with Crippen molar-refractivity contribution in [3.8, 4) is 0 Å². The van der Waals surface area contributed by atoms with Crippen LogP contribution >= 0.6 is 0 Å². The summed E-state index contributed by atoms with van der Waals surface area (Å²) in [5.74, 6) is 2.35. The van der Waals surface area contributed by atoms with Gasteiger partial charge in [-0.05, 0) is 68.4 Å². The summed E-state index contributed by atoms with van der Waals surface area (Å²) in [6.07, 6.45) is 7.41. The van der Waals surface area contributed by atoms with Crippen molar-refractivity contribution in [1.82, 2.24) is 4.90 Å². The van der Waals surface area contributed by atoms with E-state index < -0.39 is 6.09 Å². The standard InChI is InChI=1S/C21H29N3O3/c1-24(20(26)27-2)13-19(25)22-17-5-3-4-6-18(17)23-21-10-14-7-15(11-21)9-16(8-14)12-21/h3-6,14-16,23H,7-13H2,1-2H3,(H,22,25). The maximum absolute atomic E-state index is 12.4. The molecule has 4 aliphatic rings. The zero-order chi connectivity index (χ0) is 19.0. The maximum atomic E-state index is 12.4. The van der Waals surface area contributed by atoms with Gasteiger partial charge in [-0.2, -0.15) is 0 Å². The molecule has 0 unspecified atom stereocenters. The third-order valence-electron chi connectivity index (χ3n) is 6.51. The molecule has 4 aliphatic carbocycles. The Balaban J connectivity index is 1.46. The van der Waals surface area contributed by atoms with Crippen LogP contribution in [0.5, 0.6) is 0 Å². The number of amides is 2. The van der Waals surface area contributed by atoms with Gasteiger partial charge in [-0.15, -0.1) is 0 Å². The molecule has 0 aliphatic heterocycles. The summed E-state index contributed by atoms with van der Waals surface area (Å²) in [4.78, 5) is 25.1. The van der Waals surface area contributed by atoms with Crippen molar-refractivity contribution < 1.29 is 14.3 Å². The summed E-state index contributed by atoms with van der Waals surface area (Å²) in [7, 11) is 2.85. The van der Waals surface area contributed by atoms with Gasteiger partial charge in [0.1, 0.15) is 6.54 Å². The van der Waals surface area contributed by atoms with Gasteiger partial charge in [0.25, 0.3) is 0 Å². The van der Waals surface area contributed by atoms with E-state index in [0.29, 0.717) is 0 Å². The summed E-state index contributed by atoms with van der Waals surface area (Å²) in [6, 6.07) is 7.88. The van der Waals surface area contributed by atoms with Crippen molar-refractivity contribution in [2.45, 2.75) is 44.1 Å². The van der Waals surface area contributed by atoms with E-state index in [1.54, 1.807) is 7.05 Å². The van der Waals surface area contributed by atoms with Gasteiger partial charge in [0, 0.05) is 12.6 Å². The van der Waals surface area contributed by atoms with E-state index in [2.05, 4.69) is 15.4 Å². The summed E-state index contributed by atoms with van der Waals surface area (Å²) in [6.45, 7) is -0.0433. The number of anilines is 2. The largest absolute Gasteiger partial charge is 0.453 e. The van der Waals surface area contributed by atoms with Crippen LogP contribution in [-0.4, -0.2) is 43.1 Å². The minimum Gasteiger partial charge on any atom is -0.453 e. The molecular weight excluding hydrogens is 342 g/mol. The lowest BCUT2D eigenvalue weighted by Gasteiger charge is -2.57. The van der Waals surface area contributed by atoms with Crippen LogP contribution in [0.15, 0.2) is 24.3 Å². The van der Waals surface area contributed by atoms with Crippen LogP contribution in [0.4, 0.5) is 16.2 Å². The average Bonchev–Trinajstić information content (AvgIpc) is 2.61. The molecule has 2 N–H and O–H groups in total. The lowest BCUT2D eigenvalue weighted by Crippen LogP contribution is -2.54. The molecule has 4 bridgehead atoms. The molecule has 146 valence electrons. The summed E-state index contributed by atoms with van der Waals surface area (Å²) < 4.78 is 4.64. The second-order valence-electron chi connectivity index (χ2n) is 8.74. The predicted molar refractivity (Wildman–Crippen MR) is 105 cm³/mol. The molecule has 5 rings (SSSR count). The second-order valence-corrected chi connectivity index (χ2v) is 8.74. The van der Waals surface area contributed by atoms with Gasteiger partial charge < -0.3 is 20.3 Å². The van der Waals surface area contributed by atoms with Gasteiger partial charge >= 0.3 is 6.09 Å². The molecule has 4 fully saturated rings. The van der Waals surface area contributed by atoms with E-state index >= 15 is 0 Å². The molecule has 1 aromatic rings. The first-order chi connectivity index (χ1) is 13.0. The van der Waals surface area contributed by atoms with Crippen LogP contribution in [0.2, 0.25) is 0 Å². The number of nitrogens with one attached hydrogen (secondary N) is 2. The Hall–Kier alpha value is -2.24. The van der Waals surface area contributed by atoms with E-state index in [1.165, 1.54) is 50.5 Å². The molecule has 0 atom stereocenters. The van der Waals surface area contributed by atoms with E-state index in [1.807, 2.05) is 24.3 Å². The molecule has 4 saturated carbocycles. The van der Waals surface area contributed by atoms with Crippen molar-refractivity contribution in [3.63, 3.8) is 0 Å². The molecule has 0 heterocycles. The molecule has 2 amide bonds. The number of rotatable bonds is 5. The topological polar surface area (TPSA) is 70.7 Å². The summed E-state index contributed by atoms with van der Waals surface area (Å²) in [5, 5.41) is 6.78. The van der Waals surface area contributed by atoms with Crippen molar-refractivity contribution in [3.05, 3.63) is 24.3 Å². The van der Waals surface area contributed by atoms with Crippen LogP contribution in [-0.2, 0) is 9.53 Å². The first-order valence-electron chi connectivity index (χ1n) is 9.92. The van der Waals surface area contributed by atoms with Crippen LogP contribution in [0.1, 0.15) is 38.5 Å². The van der Waals surface area contributed by atoms with Gasteiger partial charge in [0.05, 0.1) is 18.5 Å². The van der Waals surface area contributed by atoms with E-state index in [4.69, 9.17) is 0 Å². The van der Waals surface area contributed by atoms with Gasteiger partial charge in [-0.25, -0.2) is 4.79 Å². The van der Waals surface area contributed by atoms with E-state index in [0.717, 1.165) is 29.1 Å². The third-order valence-corrected chi connectivity index (χ3v) is 6.51. The monoisotopic (exact) mass is 371 g/mol. The predicted octanol–water partition coefficient (Wildman–Crippen LogP) is 3.70. The van der Waals surface area contributed by atoms with Gasteiger partial charge in [0.2, 0.25) is 5.91 Å². The first-order valence-corrected chi connectivity index (χ1v) is 9.92. The molecule has 0 aromatic heterocycles. The number of carbonyl (C=O) groups is 2. The molecule has 1 aromatic carbocycles. The van der Waals surface area contributed by atoms with Crippen LogP contribution in [0, 0.1) is 17.8 Å². The molecule has 6 nitrogen and oxygen atoms in total. The first kappa shape index (κ1) is 18.1. The highest BCUT2D eigenvalue weighted by molar-refractivity contribution is 5.96. The number of likely N-dealkylation sites (N-methyl/N-ethyl adjacent to an activating group) is 1. The summed E-state index contributed by atoms with van der Waals surface area (Å²) >= 11 is 0. The van der Waals surface area contributed by atoms with E-state index in [-0.39, 0.29) is 18.0 Å². The number of hydrogen-bond acceptors (Lipinski definition) is 4. The zero-order valence-corrected chi connectivity index (χ0v) is 16.2. The second kappa shape index (κ2) is 7.06. The third kappa shape index (κ3) is 3.75. The van der Waals surface area contributed by atoms with Crippen molar-refractivity contribution >= 4 is 23.4 Å². The minimum absolute atomic E-state index is 0.0433. The number of para-hydroxylation sites is 2. The van der Waals surface area contributed by atoms with Gasteiger partial charge in [0.15, 0.2) is 0 Å². The Morgan fingerprint density at radius 1 is 1.07 bits per heavy atom. The Bertz CT molecular complexity index is 698. The number of methoxy groups -OCH3 is 1. The maximum Gasteiger partial charge on any atom is 0.409 e. The summed E-state index contributed by atoms with van der Waals surface area (Å²) in [5.41, 5.74) is 1.93. The van der Waals surface area contributed by atoms with Crippen LogP contribution in [0.3, 0.4) is 0 Å². The fourth-order valence-corrected chi connectivity index (χ4v) is 5.88. The Labute approximate surface area is 160 Å². The number of hydrogen-bond donors (Lipinski definition) is 2. The number of nitrogens with zero attached hydrogens (tertiary/aromatic N) is 1. The Kier molecular flexibility index (Phi) is 4.74. The zero-order valence-electron chi connectivity index (χ0n) is 16.2. The molecule has 0 spiro atoms. The molecule has 27 heavy (non-hydrogen) atoms. The van der Waals surface area contributed by atoms with E-state index in [9.17, 15) is 9.59 Å². The molecular formula is C21H29N3O3. The fraction of sp³-hybridized carbons (Fsp3) is 0.619.